The third-order valence-corrected chi connectivity index (χ3v) is 10.8. The standard InChI is InChI=1S/C18H22N4O3S.C18H20N4.O2S/c1-4-26(24,25)22-15-8-6-5-7-13(15)10-16(22)18(23)21-14-9-12(2)11-20-17(14)19-3;1-4-22-15-8-6-5-7-13(15)10-16(22)18-20-14-9-12(2)11-19-17(14)21(18)3;1-3-2/h5-9,11,16H,4,10H2,1-3H3,(H,19,20)(H,21,23);5-9,11,16H,4,10H2,1-3H3;. The second kappa shape index (κ2) is 15.8. The number of benzene rings is 2. The summed E-state index contributed by atoms with van der Waals surface area (Å²) in [6, 6.07) is 19.3. The summed E-state index contributed by atoms with van der Waals surface area (Å²) in [4.78, 5) is 29.1. The first kappa shape index (κ1) is 37.1. The first-order valence-electron chi connectivity index (χ1n) is 16.6. The first-order chi connectivity index (χ1) is 24.5. The van der Waals surface area contributed by atoms with Crippen LogP contribution in [-0.4, -0.2) is 67.6 Å². The summed E-state index contributed by atoms with van der Waals surface area (Å²) in [5.74, 6) is 1.19. The van der Waals surface area contributed by atoms with Crippen molar-refractivity contribution in [2.24, 2.45) is 7.05 Å². The molecule has 5 heterocycles. The lowest BCUT2D eigenvalue weighted by atomic mass is 10.1. The van der Waals surface area contributed by atoms with Crippen molar-refractivity contribution in [3.8, 4) is 0 Å². The predicted octanol–water partition coefficient (Wildman–Crippen LogP) is 4.88. The molecule has 0 spiro atoms. The minimum absolute atomic E-state index is 0.0706. The summed E-state index contributed by atoms with van der Waals surface area (Å²) in [5.41, 5.74) is 8.70. The molecule has 0 radical (unpaired) electrons. The molecule has 2 unspecified atom stereocenters. The van der Waals surface area contributed by atoms with Crippen molar-refractivity contribution < 1.29 is 21.6 Å². The number of fused-ring (bicyclic) bond motifs is 3. The molecule has 2 aliphatic heterocycles. The van der Waals surface area contributed by atoms with Gasteiger partial charge in [0.1, 0.15) is 23.2 Å². The summed E-state index contributed by atoms with van der Waals surface area (Å²) in [6.07, 6.45) is 4.96. The monoisotopic (exact) mass is 730 g/mol. The second-order valence-corrected chi connectivity index (χ2v) is 14.6. The zero-order valence-corrected chi connectivity index (χ0v) is 31.1. The number of hydrogen-bond donors (Lipinski definition) is 2. The van der Waals surface area contributed by atoms with Gasteiger partial charge in [-0.05, 0) is 74.2 Å². The number of likely N-dealkylation sites (N-methyl/N-ethyl adjacent to an activating group) is 1. The van der Waals surface area contributed by atoms with Crippen LogP contribution in [0.15, 0.2) is 73.1 Å². The van der Waals surface area contributed by atoms with E-state index in [1.807, 2.05) is 25.3 Å². The van der Waals surface area contributed by atoms with Crippen LogP contribution < -0.4 is 19.8 Å². The number of aryl methyl sites for hydroxylation is 3. The maximum atomic E-state index is 13.0. The average Bonchev–Trinajstić information content (AvgIpc) is 3.80. The molecule has 3 aromatic heterocycles. The molecular weight excluding hydrogens is 689 g/mol. The number of carbonyl (C=O) groups is 1. The molecule has 0 saturated carbocycles. The van der Waals surface area contributed by atoms with Gasteiger partial charge in [0.2, 0.25) is 15.9 Å². The van der Waals surface area contributed by atoms with E-state index in [9.17, 15) is 13.2 Å². The fraction of sp³-hybridized carbons (Fsp3) is 0.333. The Labute approximate surface area is 301 Å². The molecule has 0 aliphatic carbocycles. The zero-order chi connectivity index (χ0) is 36.9. The second-order valence-electron chi connectivity index (χ2n) is 12.3. The molecule has 0 fully saturated rings. The summed E-state index contributed by atoms with van der Waals surface area (Å²) in [5, 5.41) is 5.77. The summed E-state index contributed by atoms with van der Waals surface area (Å²) < 4.78 is 45.2. The van der Waals surface area contributed by atoms with Crippen molar-refractivity contribution in [2.45, 2.75) is 52.6 Å². The Morgan fingerprint density at radius 3 is 2.18 bits per heavy atom. The number of aromatic nitrogens is 4. The molecule has 2 aromatic carbocycles. The van der Waals surface area contributed by atoms with Crippen LogP contribution in [0.25, 0.3) is 11.2 Å². The number of amides is 1. The number of anilines is 4. The highest BCUT2D eigenvalue weighted by atomic mass is 32.2. The number of rotatable bonds is 7. The van der Waals surface area contributed by atoms with E-state index < -0.39 is 27.6 Å². The molecule has 2 N–H and O–H groups in total. The van der Waals surface area contributed by atoms with Crippen LogP contribution in [0.5, 0.6) is 0 Å². The lowest BCUT2D eigenvalue weighted by Crippen LogP contribution is -2.46. The summed E-state index contributed by atoms with van der Waals surface area (Å²) in [7, 11) is 0.208. The Morgan fingerprint density at radius 2 is 1.53 bits per heavy atom. The van der Waals surface area contributed by atoms with Crippen LogP contribution in [0.1, 0.15) is 48.0 Å². The summed E-state index contributed by atoms with van der Waals surface area (Å²) in [6.45, 7) is 8.71. The smallest absolute Gasteiger partial charge is 0.335 e. The van der Waals surface area contributed by atoms with E-state index in [0.717, 1.165) is 46.6 Å². The van der Waals surface area contributed by atoms with E-state index in [0.29, 0.717) is 29.7 Å². The highest BCUT2D eigenvalue weighted by molar-refractivity contribution is 7.92. The highest BCUT2D eigenvalue weighted by Gasteiger charge is 2.41. The molecule has 0 bridgehead atoms. The Hall–Kier alpha value is -5.15. The van der Waals surface area contributed by atoms with E-state index in [2.05, 4.69) is 81.3 Å². The van der Waals surface area contributed by atoms with E-state index in [4.69, 9.17) is 13.4 Å². The molecule has 1 amide bonds. The molecule has 2 aliphatic rings. The number of nitrogens with one attached hydrogen (secondary N) is 2. The molecule has 7 rings (SSSR count). The van der Waals surface area contributed by atoms with E-state index in [-0.39, 0.29) is 11.7 Å². The highest BCUT2D eigenvalue weighted by Crippen LogP contribution is 2.40. The normalized spacial score (nSPS) is 16.0. The number of nitrogens with zero attached hydrogens (tertiary/aromatic N) is 6. The summed E-state index contributed by atoms with van der Waals surface area (Å²) >= 11 is -0.750. The van der Waals surface area contributed by atoms with Gasteiger partial charge in [-0.3, -0.25) is 9.10 Å². The van der Waals surface area contributed by atoms with Crippen LogP contribution in [0, 0.1) is 13.8 Å². The largest absolute Gasteiger partial charge is 0.371 e. The third-order valence-electron chi connectivity index (χ3n) is 9.02. The van der Waals surface area contributed by atoms with Crippen molar-refractivity contribution in [1.82, 2.24) is 19.5 Å². The van der Waals surface area contributed by atoms with Crippen molar-refractivity contribution >= 4 is 61.5 Å². The average molecular weight is 731 g/mol. The van der Waals surface area contributed by atoms with Gasteiger partial charge in [-0.25, -0.2) is 23.4 Å². The molecule has 268 valence electrons. The van der Waals surface area contributed by atoms with Gasteiger partial charge in [-0.1, -0.05) is 36.4 Å². The lowest BCUT2D eigenvalue weighted by molar-refractivity contribution is -0.117. The van der Waals surface area contributed by atoms with Gasteiger partial charge in [0, 0.05) is 51.6 Å². The van der Waals surface area contributed by atoms with Crippen molar-refractivity contribution in [3.63, 3.8) is 0 Å². The molecule has 0 saturated heterocycles. The Balaban J connectivity index is 0.000000186. The van der Waals surface area contributed by atoms with Gasteiger partial charge in [0.15, 0.2) is 5.65 Å². The minimum Gasteiger partial charge on any atom is -0.371 e. The third kappa shape index (κ3) is 7.64. The van der Waals surface area contributed by atoms with Crippen LogP contribution in [-0.2, 0) is 46.3 Å². The quantitative estimate of drug-likeness (QED) is 0.236. The van der Waals surface area contributed by atoms with Gasteiger partial charge in [0.25, 0.3) is 0 Å². The topological polar surface area (TPSA) is 159 Å². The van der Waals surface area contributed by atoms with E-state index in [1.54, 1.807) is 38.4 Å². The zero-order valence-electron chi connectivity index (χ0n) is 29.5. The van der Waals surface area contributed by atoms with Crippen molar-refractivity contribution in [1.29, 1.82) is 0 Å². The number of sulfonamides is 1. The lowest BCUT2D eigenvalue weighted by Gasteiger charge is -2.26. The van der Waals surface area contributed by atoms with Crippen molar-refractivity contribution in [2.75, 3.05) is 39.2 Å². The number of pyridine rings is 2. The SMILES string of the molecule is CCN1c2ccccc2CC1c1nc2cc(C)cnc2n1C.CCS(=O)(=O)N1c2ccccc2CC1C(=O)Nc1cc(C)cnc1NC.O=S=O. The van der Waals surface area contributed by atoms with Crippen LogP contribution in [0.2, 0.25) is 0 Å². The number of imidazole rings is 1. The van der Waals surface area contributed by atoms with E-state index >= 15 is 0 Å². The molecule has 51 heavy (non-hydrogen) atoms. The maximum absolute atomic E-state index is 13.0. The number of para-hydroxylation sites is 2. The fourth-order valence-electron chi connectivity index (χ4n) is 6.68. The Kier molecular flexibility index (Phi) is 11.5. The van der Waals surface area contributed by atoms with Gasteiger partial charge >= 0.3 is 11.6 Å². The Bertz CT molecular complexity index is 2200. The number of hydrogen-bond acceptors (Lipinski definition) is 10. The van der Waals surface area contributed by atoms with Crippen LogP contribution in [0.3, 0.4) is 0 Å². The fourth-order valence-corrected chi connectivity index (χ4v) is 8.00. The molecule has 2 atom stereocenters. The van der Waals surface area contributed by atoms with Gasteiger partial charge in [-0.15, -0.1) is 0 Å². The maximum Gasteiger partial charge on any atom is 0.335 e. The van der Waals surface area contributed by atoms with Crippen molar-refractivity contribution in [3.05, 3.63) is 101 Å². The Morgan fingerprint density at radius 1 is 0.922 bits per heavy atom. The van der Waals surface area contributed by atoms with Gasteiger partial charge in [-0.2, -0.15) is 8.42 Å². The van der Waals surface area contributed by atoms with Gasteiger partial charge in [0.05, 0.1) is 23.2 Å². The minimum atomic E-state index is -3.58. The molecule has 15 heteroatoms. The molecule has 13 nitrogen and oxygen atoms in total. The molecule has 5 aromatic rings. The van der Waals surface area contributed by atoms with E-state index in [1.165, 1.54) is 15.6 Å². The van der Waals surface area contributed by atoms with Crippen LogP contribution in [0.4, 0.5) is 22.9 Å². The number of carbonyl (C=O) groups excluding carboxylic acids is 1. The molecular formula is C36H42N8O5S2. The van der Waals surface area contributed by atoms with Gasteiger partial charge < -0.3 is 20.1 Å². The predicted molar refractivity (Wildman–Crippen MR) is 201 cm³/mol. The van der Waals surface area contributed by atoms with Crippen LogP contribution >= 0.6 is 0 Å². The first-order valence-corrected chi connectivity index (χ1v) is 18.9.